The molecule has 2 amide bonds. The summed E-state index contributed by atoms with van der Waals surface area (Å²) in [5, 5.41) is 0. The first-order chi connectivity index (χ1) is 11.1. The van der Waals surface area contributed by atoms with Gasteiger partial charge in [0.1, 0.15) is 0 Å². The molecule has 0 bridgehead atoms. The number of alkyl halides is 1. The Labute approximate surface area is 142 Å². The van der Waals surface area contributed by atoms with Gasteiger partial charge in [-0.05, 0) is 11.3 Å². The van der Waals surface area contributed by atoms with Crippen molar-refractivity contribution in [1.82, 2.24) is 9.80 Å². The number of piperazine rings is 1. The summed E-state index contributed by atoms with van der Waals surface area (Å²) in [6.45, 7) is 12.0. The summed E-state index contributed by atoms with van der Waals surface area (Å²) in [5.74, 6) is -0.515. The third kappa shape index (κ3) is 4.39. The number of carbonyl (C=O) groups is 2. The average molecular weight is 338 g/mol. The lowest BCUT2D eigenvalue weighted by molar-refractivity contribution is -0.134. The number of aliphatic imine (C=N–C) groups is 2. The van der Waals surface area contributed by atoms with Gasteiger partial charge in [0.15, 0.2) is 0 Å². The Kier molecular flexibility index (Phi) is 5.40. The number of hydrogen-bond acceptors (Lipinski definition) is 4. The molecule has 0 spiro atoms. The zero-order chi connectivity index (χ0) is 18.1. The fraction of sp³-hybridized carbons (Fsp3) is 0.765. The summed E-state index contributed by atoms with van der Waals surface area (Å²) in [5.41, 5.74) is 0.192. The van der Waals surface area contributed by atoms with Gasteiger partial charge < -0.3 is 9.80 Å². The maximum absolute atomic E-state index is 13.9. The lowest BCUT2D eigenvalue weighted by Gasteiger charge is -2.37. The maximum atomic E-state index is 13.9. The van der Waals surface area contributed by atoms with Crippen LogP contribution in [0, 0.1) is 11.3 Å². The number of nitrogens with zero attached hydrogens (tertiary/aromatic N) is 4. The molecular formula is C17H27FN4O2. The Morgan fingerprint density at radius 2 is 1.79 bits per heavy atom. The van der Waals surface area contributed by atoms with Gasteiger partial charge in [0.2, 0.25) is 18.0 Å². The van der Waals surface area contributed by atoms with Gasteiger partial charge in [-0.1, -0.05) is 34.6 Å². The van der Waals surface area contributed by atoms with E-state index in [1.54, 1.807) is 0 Å². The van der Waals surface area contributed by atoms with Gasteiger partial charge in [0.05, 0.1) is 5.71 Å². The van der Waals surface area contributed by atoms with Crippen LogP contribution >= 0.6 is 0 Å². The number of halogens is 1. The van der Waals surface area contributed by atoms with Gasteiger partial charge in [0, 0.05) is 32.6 Å². The Balaban J connectivity index is 2.01. The van der Waals surface area contributed by atoms with Crippen LogP contribution in [0.25, 0.3) is 0 Å². The second-order valence-electron chi connectivity index (χ2n) is 7.91. The summed E-state index contributed by atoms with van der Waals surface area (Å²) in [7, 11) is 0. The minimum absolute atomic E-state index is 0.0410. The molecule has 7 heteroatoms. The van der Waals surface area contributed by atoms with E-state index in [0.29, 0.717) is 32.6 Å². The van der Waals surface area contributed by atoms with E-state index in [0.717, 1.165) is 0 Å². The highest BCUT2D eigenvalue weighted by Gasteiger charge is 2.33. The van der Waals surface area contributed by atoms with Crippen molar-refractivity contribution in [3.05, 3.63) is 0 Å². The number of hydrogen-bond donors (Lipinski definition) is 0. The van der Waals surface area contributed by atoms with Crippen molar-refractivity contribution in [2.24, 2.45) is 21.3 Å². The molecule has 2 aliphatic rings. The van der Waals surface area contributed by atoms with Gasteiger partial charge in [-0.2, -0.15) is 4.99 Å². The minimum Gasteiger partial charge on any atom is -0.339 e. The molecule has 0 saturated carbocycles. The van der Waals surface area contributed by atoms with Crippen LogP contribution in [0.1, 0.15) is 41.0 Å². The van der Waals surface area contributed by atoms with E-state index in [1.165, 1.54) is 0 Å². The van der Waals surface area contributed by atoms with E-state index < -0.39 is 12.1 Å². The van der Waals surface area contributed by atoms with Gasteiger partial charge >= 0.3 is 0 Å². The maximum Gasteiger partial charge on any atom is 0.289 e. The standard InChI is InChI=1S/C17H27FN4O2/c1-11(2)14-13(18)15(24)20-16(19-14)22-8-6-21(7-9-22)12(23)10-17(3,4)5/h11,13H,6-10H2,1-5H3. The summed E-state index contributed by atoms with van der Waals surface area (Å²) in [6, 6.07) is 0. The van der Waals surface area contributed by atoms with Gasteiger partial charge in [0.25, 0.3) is 5.91 Å². The molecule has 2 heterocycles. The molecule has 1 fully saturated rings. The van der Waals surface area contributed by atoms with E-state index in [2.05, 4.69) is 9.98 Å². The normalized spacial score (nSPS) is 22.6. The van der Waals surface area contributed by atoms with Crippen molar-refractivity contribution >= 4 is 23.5 Å². The second kappa shape index (κ2) is 6.99. The van der Waals surface area contributed by atoms with Crippen LogP contribution in [0.4, 0.5) is 4.39 Å². The number of amides is 2. The van der Waals surface area contributed by atoms with Crippen LogP contribution in [0.3, 0.4) is 0 Å². The minimum atomic E-state index is -1.73. The fourth-order valence-electron chi connectivity index (χ4n) is 2.76. The van der Waals surface area contributed by atoms with Crippen LogP contribution < -0.4 is 0 Å². The molecule has 0 N–H and O–H groups in total. The van der Waals surface area contributed by atoms with Crippen LogP contribution in [0.15, 0.2) is 9.98 Å². The first-order valence-corrected chi connectivity index (χ1v) is 8.46. The molecule has 134 valence electrons. The lowest BCUT2D eigenvalue weighted by Crippen LogP contribution is -2.52. The molecule has 1 saturated heterocycles. The summed E-state index contributed by atoms with van der Waals surface area (Å²) < 4.78 is 13.9. The third-order valence-corrected chi connectivity index (χ3v) is 4.10. The topological polar surface area (TPSA) is 65.3 Å². The van der Waals surface area contributed by atoms with Crippen LogP contribution in [-0.2, 0) is 9.59 Å². The quantitative estimate of drug-likeness (QED) is 0.772. The largest absolute Gasteiger partial charge is 0.339 e. The fourth-order valence-corrected chi connectivity index (χ4v) is 2.76. The molecular weight excluding hydrogens is 311 g/mol. The molecule has 24 heavy (non-hydrogen) atoms. The third-order valence-electron chi connectivity index (χ3n) is 4.10. The molecule has 2 rings (SSSR count). The predicted octanol–water partition coefficient (Wildman–Crippen LogP) is 1.90. The van der Waals surface area contributed by atoms with Gasteiger partial charge in [-0.25, -0.2) is 9.38 Å². The molecule has 0 aromatic carbocycles. The van der Waals surface area contributed by atoms with E-state index in [-0.39, 0.29) is 28.9 Å². The van der Waals surface area contributed by atoms with E-state index in [9.17, 15) is 14.0 Å². The highest BCUT2D eigenvalue weighted by atomic mass is 19.1. The van der Waals surface area contributed by atoms with Crippen molar-refractivity contribution in [2.75, 3.05) is 26.2 Å². The molecule has 0 aromatic rings. The first-order valence-electron chi connectivity index (χ1n) is 8.46. The molecule has 0 radical (unpaired) electrons. The highest BCUT2D eigenvalue weighted by Crippen LogP contribution is 2.21. The smallest absolute Gasteiger partial charge is 0.289 e. The van der Waals surface area contributed by atoms with E-state index in [4.69, 9.17) is 0 Å². The second-order valence-corrected chi connectivity index (χ2v) is 7.91. The monoisotopic (exact) mass is 338 g/mol. The zero-order valence-electron chi connectivity index (χ0n) is 15.2. The van der Waals surface area contributed by atoms with Crippen LogP contribution in [0.2, 0.25) is 0 Å². The van der Waals surface area contributed by atoms with Crippen molar-refractivity contribution in [3.63, 3.8) is 0 Å². The Bertz CT molecular complexity index is 570. The molecule has 1 unspecified atom stereocenters. The van der Waals surface area contributed by atoms with Crippen molar-refractivity contribution in [2.45, 2.75) is 47.2 Å². The first kappa shape index (κ1) is 18.5. The number of rotatable bonds is 2. The van der Waals surface area contributed by atoms with Gasteiger partial charge in [-0.15, -0.1) is 0 Å². The lowest BCUT2D eigenvalue weighted by atomic mass is 9.91. The summed E-state index contributed by atoms with van der Waals surface area (Å²) >= 11 is 0. The molecule has 6 nitrogen and oxygen atoms in total. The Morgan fingerprint density at radius 1 is 1.21 bits per heavy atom. The molecule has 0 aliphatic carbocycles. The number of guanidine groups is 1. The number of carbonyl (C=O) groups excluding carboxylic acids is 2. The predicted molar refractivity (Wildman–Crippen MR) is 91.8 cm³/mol. The highest BCUT2D eigenvalue weighted by molar-refractivity contribution is 6.18. The van der Waals surface area contributed by atoms with Crippen LogP contribution in [-0.4, -0.2) is 65.6 Å². The average Bonchev–Trinajstić information content (AvgIpc) is 2.48. The van der Waals surface area contributed by atoms with E-state index >= 15 is 0 Å². The van der Waals surface area contributed by atoms with E-state index in [1.807, 2.05) is 44.4 Å². The molecule has 1 atom stereocenters. The Morgan fingerprint density at radius 3 is 2.29 bits per heavy atom. The van der Waals surface area contributed by atoms with Crippen molar-refractivity contribution in [3.8, 4) is 0 Å². The van der Waals surface area contributed by atoms with Gasteiger partial charge in [-0.3, -0.25) is 9.59 Å². The molecule has 2 aliphatic heterocycles. The molecule has 0 aromatic heterocycles. The Hall–Kier alpha value is -1.79. The zero-order valence-corrected chi connectivity index (χ0v) is 15.2. The van der Waals surface area contributed by atoms with Crippen molar-refractivity contribution < 1.29 is 14.0 Å². The van der Waals surface area contributed by atoms with Crippen molar-refractivity contribution in [1.29, 1.82) is 0 Å². The van der Waals surface area contributed by atoms with Crippen LogP contribution in [0.5, 0.6) is 0 Å². The SMILES string of the molecule is CC(C)C1=NC(N2CCN(C(=O)CC(C)(C)C)CC2)=NC(=O)C1F. The summed E-state index contributed by atoms with van der Waals surface area (Å²) in [4.78, 5) is 35.8. The summed E-state index contributed by atoms with van der Waals surface area (Å²) in [6.07, 6.45) is -1.23.